The van der Waals surface area contributed by atoms with Crippen molar-refractivity contribution in [2.75, 3.05) is 31.6 Å². The lowest BCUT2D eigenvalue weighted by atomic mass is 9.85. The molecule has 0 atom stereocenters. The Morgan fingerprint density at radius 2 is 1.87 bits per heavy atom. The first-order chi connectivity index (χ1) is 14.6. The molecule has 2 fully saturated rings. The van der Waals surface area contributed by atoms with Gasteiger partial charge in [0.05, 0.1) is 5.69 Å². The molecule has 1 aromatic heterocycles. The highest BCUT2D eigenvalue weighted by molar-refractivity contribution is 7.99. The highest BCUT2D eigenvalue weighted by Crippen LogP contribution is 2.27. The lowest BCUT2D eigenvalue weighted by Gasteiger charge is -2.34. The molecular weight excluding hydrogens is 396 g/mol. The minimum Gasteiger partial charge on any atom is -0.354 e. The van der Waals surface area contributed by atoms with Gasteiger partial charge in [0.15, 0.2) is 5.96 Å². The quantitative estimate of drug-likeness (QED) is 0.531. The van der Waals surface area contributed by atoms with Crippen molar-refractivity contribution in [3.8, 4) is 0 Å². The number of nitrogens with one attached hydrogen (secondary N) is 2. The molecule has 1 saturated carbocycles. The molecule has 1 aromatic rings. The predicted octanol–water partition coefficient (Wildman–Crippen LogP) is 2.34. The Bertz CT molecular complexity index is 732. The molecule has 168 valence electrons. The van der Waals surface area contributed by atoms with E-state index in [0.29, 0.717) is 11.9 Å². The highest BCUT2D eigenvalue weighted by atomic mass is 32.2. The fourth-order valence-corrected chi connectivity index (χ4v) is 5.58. The van der Waals surface area contributed by atoms with Crippen LogP contribution in [0.1, 0.15) is 56.5 Å². The van der Waals surface area contributed by atoms with E-state index in [-0.39, 0.29) is 5.92 Å². The largest absolute Gasteiger partial charge is 0.354 e. The van der Waals surface area contributed by atoms with Gasteiger partial charge >= 0.3 is 0 Å². The van der Waals surface area contributed by atoms with Crippen LogP contribution in [0.15, 0.2) is 4.99 Å². The molecule has 0 unspecified atom stereocenters. The standard InChI is InChI=1S/C22H38N6OS/c1-5-19-18(20(6-2)27(4)26-19)15-24-22(23-3)25-17-9-7-16(8-10-17)21(29)28-11-13-30-14-12-28/h16-17H,5-15H2,1-4H3,(H2,23,24,25). The average molecular weight is 435 g/mol. The van der Waals surface area contributed by atoms with Crippen LogP contribution in [-0.2, 0) is 31.2 Å². The Hall–Kier alpha value is -1.70. The van der Waals surface area contributed by atoms with Crippen LogP contribution in [0.3, 0.4) is 0 Å². The molecule has 7 nitrogen and oxygen atoms in total. The minimum absolute atomic E-state index is 0.204. The molecule has 0 aromatic carbocycles. The number of guanidine groups is 1. The number of aliphatic imine (C=N–C) groups is 1. The molecule has 3 rings (SSSR count). The second kappa shape index (κ2) is 11.1. The predicted molar refractivity (Wildman–Crippen MR) is 125 cm³/mol. The summed E-state index contributed by atoms with van der Waals surface area (Å²) in [6.45, 7) is 6.91. The molecule has 2 heterocycles. The third kappa shape index (κ3) is 5.50. The van der Waals surface area contributed by atoms with Gasteiger partial charge < -0.3 is 15.5 Å². The summed E-state index contributed by atoms with van der Waals surface area (Å²) < 4.78 is 2.01. The fraction of sp³-hybridized carbons (Fsp3) is 0.773. The maximum absolute atomic E-state index is 12.8. The number of amides is 1. The number of carbonyl (C=O) groups excluding carboxylic acids is 1. The van der Waals surface area contributed by atoms with Crippen LogP contribution >= 0.6 is 11.8 Å². The van der Waals surface area contributed by atoms with E-state index in [0.717, 1.165) is 81.3 Å². The summed E-state index contributed by atoms with van der Waals surface area (Å²) in [5.41, 5.74) is 3.73. The van der Waals surface area contributed by atoms with Crippen LogP contribution in [-0.4, -0.2) is 64.2 Å². The maximum Gasteiger partial charge on any atom is 0.225 e. The zero-order valence-electron chi connectivity index (χ0n) is 19.0. The molecule has 2 N–H and O–H groups in total. The lowest BCUT2D eigenvalue weighted by molar-refractivity contribution is -0.136. The Balaban J connectivity index is 1.49. The zero-order valence-corrected chi connectivity index (χ0v) is 19.9. The first-order valence-electron chi connectivity index (χ1n) is 11.4. The van der Waals surface area contributed by atoms with E-state index in [1.807, 2.05) is 30.5 Å². The van der Waals surface area contributed by atoms with Crippen molar-refractivity contribution in [3.63, 3.8) is 0 Å². The number of aryl methyl sites for hydroxylation is 2. The number of rotatable bonds is 6. The van der Waals surface area contributed by atoms with Gasteiger partial charge in [-0.1, -0.05) is 13.8 Å². The van der Waals surface area contributed by atoms with Gasteiger partial charge in [-0.3, -0.25) is 14.5 Å². The van der Waals surface area contributed by atoms with E-state index < -0.39 is 0 Å². The second-order valence-electron chi connectivity index (χ2n) is 8.26. The molecule has 8 heteroatoms. The van der Waals surface area contributed by atoms with Gasteiger partial charge in [0.25, 0.3) is 0 Å². The van der Waals surface area contributed by atoms with Crippen molar-refractivity contribution in [2.45, 2.75) is 65.0 Å². The van der Waals surface area contributed by atoms with E-state index in [9.17, 15) is 4.79 Å². The highest BCUT2D eigenvalue weighted by Gasteiger charge is 2.30. The summed E-state index contributed by atoms with van der Waals surface area (Å²) in [5, 5.41) is 11.7. The molecule has 1 aliphatic carbocycles. The number of thioether (sulfide) groups is 1. The normalized spacial score (nSPS) is 22.8. The van der Waals surface area contributed by atoms with Gasteiger partial charge in [0.2, 0.25) is 5.91 Å². The van der Waals surface area contributed by atoms with Crippen LogP contribution in [0, 0.1) is 5.92 Å². The van der Waals surface area contributed by atoms with Crippen molar-refractivity contribution in [3.05, 3.63) is 17.0 Å². The van der Waals surface area contributed by atoms with Gasteiger partial charge in [-0.15, -0.1) is 0 Å². The van der Waals surface area contributed by atoms with Gasteiger partial charge in [0.1, 0.15) is 0 Å². The van der Waals surface area contributed by atoms with E-state index in [4.69, 9.17) is 0 Å². The smallest absolute Gasteiger partial charge is 0.225 e. The van der Waals surface area contributed by atoms with E-state index >= 15 is 0 Å². The Morgan fingerprint density at radius 3 is 2.47 bits per heavy atom. The molecular formula is C22H38N6OS. The van der Waals surface area contributed by atoms with Crippen LogP contribution < -0.4 is 10.6 Å². The third-order valence-corrected chi connectivity index (χ3v) is 7.37. The number of aromatic nitrogens is 2. The number of hydrogen-bond acceptors (Lipinski definition) is 4. The summed E-state index contributed by atoms with van der Waals surface area (Å²) in [4.78, 5) is 19.3. The topological polar surface area (TPSA) is 74.5 Å². The summed E-state index contributed by atoms with van der Waals surface area (Å²) >= 11 is 1.95. The number of nitrogens with zero attached hydrogens (tertiary/aromatic N) is 4. The Kier molecular flexibility index (Phi) is 8.48. The molecule has 1 aliphatic heterocycles. The first kappa shape index (κ1) is 23.0. The SMILES string of the molecule is CCc1nn(C)c(CC)c1CNC(=NC)NC1CCC(C(=O)N2CCSCC2)CC1. The molecule has 2 aliphatic rings. The summed E-state index contributed by atoms with van der Waals surface area (Å²) in [6, 6.07) is 0.377. The molecule has 1 saturated heterocycles. The fourth-order valence-electron chi connectivity index (χ4n) is 4.68. The molecule has 0 bridgehead atoms. The Labute approximate surface area is 185 Å². The zero-order chi connectivity index (χ0) is 21.5. The van der Waals surface area contributed by atoms with Crippen LogP contribution in [0.2, 0.25) is 0 Å². The average Bonchev–Trinajstić information content (AvgIpc) is 3.11. The van der Waals surface area contributed by atoms with E-state index in [1.165, 1.54) is 11.3 Å². The monoisotopic (exact) mass is 434 g/mol. The van der Waals surface area contributed by atoms with E-state index in [1.54, 1.807) is 0 Å². The third-order valence-electron chi connectivity index (χ3n) is 6.42. The molecule has 30 heavy (non-hydrogen) atoms. The number of carbonyl (C=O) groups is 1. The van der Waals surface area contributed by atoms with Crippen molar-refractivity contribution < 1.29 is 4.79 Å². The first-order valence-corrected chi connectivity index (χ1v) is 12.6. The van der Waals surface area contributed by atoms with Gasteiger partial charge in [-0.05, 0) is 38.5 Å². The molecule has 0 radical (unpaired) electrons. The van der Waals surface area contributed by atoms with Crippen molar-refractivity contribution in [1.29, 1.82) is 0 Å². The van der Waals surface area contributed by atoms with Crippen LogP contribution in [0.4, 0.5) is 0 Å². The van der Waals surface area contributed by atoms with Crippen molar-refractivity contribution >= 4 is 23.6 Å². The summed E-state index contributed by atoms with van der Waals surface area (Å²) in [5.74, 6) is 3.59. The van der Waals surface area contributed by atoms with Crippen molar-refractivity contribution in [1.82, 2.24) is 25.3 Å². The maximum atomic E-state index is 12.8. The van der Waals surface area contributed by atoms with Crippen LogP contribution in [0.5, 0.6) is 0 Å². The van der Waals surface area contributed by atoms with Crippen molar-refractivity contribution in [2.24, 2.45) is 18.0 Å². The van der Waals surface area contributed by atoms with Gasteiger partial charge in [-0.25, -0.2) is 0 Å². The minimum atomic E-state index is 0.204. The second-order valence-corrected chi connectivity index (χ2v) is 9.48. The summed E-state index contributed by atoms with van der Waals surface area (Å²) in [6.07, 6.45) is 5.89. The van der Waals surface area contributed by atoms with Gasteiger partial charge in [-0.2, -0.15) is 16.9 Å². The van der Waals surface area contributed by atoms with Gasteiger partial charge in [0, 0.05) is 68.5 Å². The summed E-state index contributed by atoms with van der Waals surface area (Å²) in [7, 11) is 3.85. The van der Waals surface area contributed by atoms with Crippen LogP contribution in [0.25, 0.3) is 0 Å². The lowest BCUT2D eigenvalue weighted by Crippen LogP contribution is -2.47. The number of hydrogen-bond donors (Lipinski definition) is 2. The molecule has 1 amide bonds. The molecule has 0 spiro atoms. The Morgan fingerprint density at radius 1 is 1.17 bits per heavy atom. The van der Waals surface area contributed by atoms with E-state index in [2.05, 4.69) is 39.5 Å².